The fourth-order valence-corrected chi connectivity index (χ4v) is 4.00. The van der Waals surface area contributed by atoms with E-state index in [0.717, 1.165) is 23.3 Å². The summed E-state index contributed by atoms with van der Waals surface area (Å²) in [4.78, 5) is 0. The Balaban J connectivity index is 1.91. The Morgan fingerprint density at radius 2 is 2.10 bits per heavy atom. The van der Waals surface area contributed by atoms with Gasteiger partial charge in [-0.2, -0.15) is 11.8 Å². The van der Waals surface area contributed by atoms with Crippen LogP contribution in [0.5, 0.6) is 11.5 Å². The standard InChI is InChI=1S/C16H25NO2S/c1-4-20-14-9-8-13(10-14)17-11-12-6-5-7-15(18-2)16(12)19-3/h5-7,13-14,17H,4,8-11H2,1-3H3. The van der Waals surface area contributed by atoms with Crippen molar-refractivity contribution in [3.8, 4) is 11.5 Å². The Kier molecular flexibility index (Phi) is 6.05. The van der Waals surface area contributed by atoms with Crippen LogP contribution in [0.15, 0.2) is 18.2 Å². The summed E-state index contributed by atoms with van der Waals surface area (Å²) in [5.41, 5.74) is 1.17. The molecule has 2 rings (SSSR count). The van der Waals surface area contributed by atoms with E-state index in [9.17, 15) is 0 Å². The van der Waals surface area contributed by atoms with Crippen molar-refractivity contribution in [1.82, 2.24) is 5.32 Å². The van der Waals surface area contributed by atoms with Gasteiger partial charge < -0.3 is 14.8 Å². The SMILES string of the molecule is CCSC1CCC(NCc2cccc(OC)c2OC)C1. The lowest BCUT2D eigenvalue weighted by molar-refractivity contribution is 0.349. The van der Waals surface area contributed by atoms with Gasteiger partial charge in [-0.25, -0.2) is 0 Å². The summed E-state index contributed by atoms with van der Waals surface area (Å²) in [5.74, 6) is 2.87. The second kappa shape index (κ2) is 7.79. The van der Waals surface area contributed by atoms with E-state index < -0.39 is 0 Å². The van der Waals surface area contributed by atoms with Gasteiger partial charge in [0.2, 0.25) is 0 Å². The van der Waals surface area contributed by atoms with Gasteiger partial charge in [0.05, 0.1) is 14.2 Å². The second-order valence-electron chi connectivity index (χ2n) is 5.12. The minimum absolute atomic E-state index is 0.634. The van der Waals surface area contributed by atoms with E-state index in [-0.39, 0.29) is 0 Å². The molecule has 1 aromatic carbocycles. The van der Waals surface area contributed by atoms with E-state index in [1.54, 1.807) is 14.2 Å². The highest BCUT2D eigenvalue weighted by atomic mass is 32.2. The zero-order valence-corrected chi connectivity index (χ0v) is 13.5. The third-order valence-electron chi connectivity index (χ3n) is 3.85. The quantitative estimate of drug-likeness (QED) is 0.834. The number of nitrogens with one attached hydrogen (secondary N) is 1. The van der Waals surface area contributed by atoms with Gasteiger partial charge in [0.25, 0.3) is 0 Å². The molecule has 0 aromatic heterocycles. The zero-order chi connectivity index (χ0) is 14.4. The van der Waals surface area contributed by atoms with Gasteiger partial charge in [0, 0.05) is 23.4 Å². The smallest absolute Gasteiger partial charge is 0.165 e. The van der Waals surface area contributed by atoms with Crippen LogP contribution in [0.2, 0.25) is 0 Å². The van der Waals surface area contributed by atoms with E-state index in [4.69, 9.17) is 9.47 Å². The Hall–Kier alpha value is -0.870. The minimum Gasteiger partial charge on any atom is -0.493 e. The maximum Gasteiger partial charge on any atom is 0.165 e. The van der Waals surface area contributed by atoms with Crippen LogP contribution in [0.1, 0.15) is 31.7 Å². The molecule has 0 spiro atoms. The van der Waals surface area contributed by atoms with Gasteiger partial charge >= 0.3 is 0 Å². The third-order valence-corrected chi connectivity index (χ3v) is 5.09. The molecule has 1 fully saturated rings. The molecule has 0 saturated heterocycles. The van der Waals surface area contributed by atoms with Crippen molar-refractivity contribution in [3.63, 3.8) is 0 Å². The van der Waals surface area contributed by atoms with Crippen molar-refractivity contribution in [2.24, 2.45) is 0 Å². The van der Waals surface area contributed by atoms with Gasteiger partial charge in [0.1, 0.15) is 0 Å². The molecular formula is C16H25NO2S. The van der Waals surface area contributed by atoms with Gasteiger partial charge in [-0.1, -0.05) is 19.1 Å². The molecule has 0 bridgehead atoms. The maximum atomic E-state index is 5.47. The summed E-state index contributed by atoms with van der Waals surface area (Å²) in [6.45, 7) is 3.08. The molecule has 3 nitrogen and oxygen atoms in total. The number of benzene rings is 1. The molecule has 0 amide bonds. The normalized spacial score (nSPS) is 21.9. The fourth-order valence-electron chi connectivity index (χ4n) is 2.86. The molecule has 0 heterocycles. The minimum atomic E-state index is 0.634. The number of thioether (sulfide) groups is 1. The van der Waals surface area contributed by atoms with Crippen molar-refractivity contribution in [2.45, 2.75) is 44.0 Å². The molecule has 1 saturated carbocycles. The zero-order valence-electron chi connectivity index (χ0n) is 12.6. The van der Waals surface area contributed by atoms with Crippen LogP contribution in [0.4, 0.5) is 0 Å². The van der Waals surface area contributed by atoms with Crippen molar-refractivity contribution >= 4 is 11.8 Å². The van der Waals surface area contributed by atoms with Crippen molar-refractivity contribution < 1.29 is 9.47 Å². The molecule has 1 aromatic rings. The van der Waals surface area contributed by atoms with Crippen LogP contribution >= 0.6 is 11.8 Å². The molecule has 0 aliphatic heterocycles. The molecule has 1 N–H and O–H groups in total. The summed E-state index contributed by atoms with van der Waals surface area (Å²) in [6, 6.07) is 6.69. The Labute approximate surface area is 126 Å². The molecule has 112 valence electrons. The average molecular weight is 295 g/mol. The summed E-state index contributed by atoms with van der Waals surface area (Å²) in [6.07, 6.45) is 3.90. The van der Waals surface area contributed by atoms with Crippen LogP contribution < -0.4 is 14.8 Å². The number of methoxy groups -OCH3 is 2. The highest BCUT2D eigenvalue weighted by Crippen LogP contribution is 2.32. The van der Waals surface area contributed by atoms with E-state index in [0.29, 0.717) is 6.04 Å². The predicted molar refractivity (Wildman–Crippen MR) is 85.9 cm³/mol. The highest BCUT2D eigenvalue weighted by molar-refractivity contribution is 7.99. The number of ether oxygens (including phenoxy) is 2. The van der Waals surface area contributed by atoms with Gasteiger partial charge in [0.15, 0.2) is 11.5 Å². The summed E-state index contributed by atoms with van der Waals surface area (Å²) >= 11 is 2.09. The van der Waals surface area contributed by atoms with E-state index >= 15 is 0 Å². The molecule has 2 atom stereocenters. The molecule has 1 aliphatic rings. The first-order chi connectivity index (χ1) is 9.78. The Bertz CT molecular complexity index is 425. The van der Waals surface area contributed by atoms with Crippen LogP contribution in [-0.2, 0) is 6.54 Å². The van der Waals surface area contributed by atoms with E-state index in [1.807, 2.05) is 12.1 Å². The van der Waals surface area contributed by atoms with Gasteiger partial charge in [-0.3, -0.25) is 0 Å². The maximum absolute atomic E-state index is 5.47. The number of hydrogen-bond donors (Lipinski definition) is 1. The fraction of sp³-hybridized carbons (Fsp3) is 0.625. The number of rotatable bonds is 7. The van der Waals surface area contributed by atoms with Gasteiger partial charge in [-0.15, -0.1) is 0 Å². The molecule has 0 radical (unpaired) electrons. The van der Waals surface area contributed by atoms with Gasteiger partial charge in [-0.05, 0) is 31.1 Å². The Morgan fingerprint density at radius 1 is 1.25 bits per heavy atom. The van der Waals surface area contributed by atoms with E-state index in [1.165, 1.54) is 30.6 Å². The molecule has 4 heteroatoms. The predicted octanol–water partition coefficient (Wildman–Crippen LogP) is 3.47. The summed E-state index contributed by atoms with van der Waals surface area (Å²) < 4.78 is 10.8. The first-order valence-corrected chi connectivity index (χ1v) is 8.38. The Morgan fingerprint density at radius 3 is 2.80 bits per heavy atom. The van der Waals surface area contributed by atoms with E-state index in [2.05, 4.69) is 30.1 Å². The monoisotopic (exact) mass is 295 g/mol. The number of para-hydroxylation sites is 1. The first-order valence-electron chi connectivity index (χ1n) is 7.33. The third kappa shape index (κ3) is 3.83. The largest absolute Gasteiger partial charge is 0.493 e. The number of hydrogen-bond acceptors (Lipinski definition) is 4. The highest BCUT2D eigenvalue weighted by Gasteiger charge is 2.24. The molecular weight excluding hydrogens is 270 g/mol. The lowest BCUT2D eigenvalue weighted by Gasteiger charge is -2.16. The van der Waals surface area contributed by atoms with Crippen LogP contribution in [0.3, 0.4) is 0 Å². The molecule has 2 unspecified atom stereocenters. The second-order valence-corrected chi connectivity index (χ2v) is 6.70. The average Bonchev–Trinajstić information content (AvgIpc) is 2.92. The van der Waals surface area contributed by atoms with Crippen molar-refractivity contribution in [2.75, 3.05) is 20.0 Å². The molecule has 20 heavy (non-hydrogen) atoms. The van der Waals surface area contributed by atoms with Crippen molar-refractivity contribution in [1.29, 1.82) is 0 Å². The summed E-state index contributed by atoms with van der Waals surface area (Å²) in [5, 5.41) is 4.50. The van der Waals surface area contributed by atoms with Crippen molar-refractivity contribution in [3.05, 3.63) is 23.8 Å². The first kappa shape index (κ1) is 15.5. The lowest BCUT2D eigenvalue weighted by atomic mass is 10.1. The lowest BCUT2D eigenvalue weighted by Crippen LogP contribution is -2.26. The topological polar surface area (TPSA) is 30.5 Å². The molecule has 1 aliphatic carbocycles. The van der Waals surface area contributed by atoms with Crippen LogP contribution in [0.25, 0.3) is 0 Å². The van der Waals surface area contributed by atoms with Crippen LogP contribution in [0, 0.1) is 0 Å². The van der Waals surface area contributed by atoms with Crippen LogP contribution in [-0.4, -0.2) is 31.3 Å². The summed E-state index contributed by atoms with van der Waals surface area (Å²) in [7, 11) is 3.38.